The standard InChI is InChI=1S/C32H32FN7O3/c1-20-36-38-40(37-20)29(21-7-5-4-6-8-21)22-12-15-39(16-13-22)30(41)26-18-23(11-14-34-26)28-19-24-17-25(9-10-27(24)43-28)35-31(42)32(2,3)33/h4-11,14,17-19,22,29H,12-13,15-16H2,1-3H3,(H,35,42). The molecule has 3 aromatic heterocycles. The monoisotopic (exact) mass is 581 g/mol. The third kappa shape index (κ3) is 6.01. The SMILES string of the molecule is Cc1nnn(C(c2ccccc2)C2CCN(C(=O)c3cc(-c4cc5cc(NC(=O)C(C)(C)F)ccc5o4)ccn3)CC2)n1. The predicted octanol–water partition coefficient (Wildman–Crippen LogP) is 5.62. The molecule has 5 aromatic rings. The third-order valence-electron chi connectivity index (χ3n) is 7.77. The summed E-state index contributed by atoms with van der Waals surface area (Å²) >= 11 is 0. The van der Waals surface area contributed by atoms with Crippen LogP contribution < -0.4 is 5.32 Å². The number of tetrazole rings is 1. The number of aromatic nitrogens is 5. The van der Waals surface area contributed by atoms with E-state index in [1.54, 1.807) is 41.3 Å². The number of nitrogens with zero attached hydrogens (tertiary/aromatic N) is 6. The van der Waals surface area contributed by atoms with Gasteiger partial charge in [-0.15, -0.1) is 10.2 Å². The maximum absolute atomic E-state index is 14.0. The number of furan rings is 1. The van der Waals surface area contributed by atoms with E-state index in [0.29, 0.717) is 47.2 Å². The number of benzene rings is 2. The smallest absolute Gasteiger partial charge is 0.272 e. The van der Waals surface area contributed by atoms with Crippen LogP contribution >= 0.6 is 0 Å². The molecule has 0 aliphatic carbocycles. The van der Waals surface area contributed by atoms with Crippen molar-refractivity contribution in [3.8, 4) is 11.3 Å². The first-order chi connectivity index (χ1) is 20.7. The topological polar surface area (TPSA) is 119 Å². The number of halogens is 1. The van der Waals surface area contributed by atoms with Gasteiger partial charge in [0.05, 0.1) is 0 Å². The lowest BCUT2D eigenvalue weighted by Gasteiger charge is -2.35. The molecule has 0 bridgehead atoms. The molecule has 1 aliphatic rings. The number of hydrogen-bond donors (Lipinski definition) is 1. The fourth-order valence-electron chi connectivity index (χ4n) is 5.49. The lowest BCUT2D eigenvalue weighted by molar-refractivity contribution is -0.125. The van der Waals surface area contributed by atoms with Gasteiger partial charge >= 0.3 is 0 Å². The first kappa shape index (κ1) is 28.2. The highest BCUT2D eigenvalue weighted by Gasteiger charge is 2.33. The van der Waals surface area contributed by atoms with Gasteiger partial charge in [0.2, 0.25) is 0 Å². The summed E-state index contributed by atoms with van der Waals surface area (Å²) < 4.78 is 20.0. The maximum Gasteiger partial charge on any atom is 0.272 e. The highest BCUT2D eigenvalue weighted by molar-refractivity contribution is 5.98. The van der Waals surface area contributed by atoms with E-state index in [2.05, 4.69) is 37.8 Å². The molecule has 1 unspecified atom stereocenters. The Labute approximate surface area is 247 Å². The second kappa shape index (κ2) is 11.4. The van der Waals surface area contributed by atoms with Crippen LogP contribution in [0.15, 0.2) is 77.3 Å². The molecule has 2 amide bonds. The number of likely N-dealkylation sites (tertiary alicyclic amines) is 1. The van der Waals surface area contributed by atoms with Crippen LogP contribution in [-0.4, -0.2) is 60.7 Å². The van der Waals surface area contributed by atoms with Crippen molar-refractivity contribution < 1.29 is 18.4 Å². The van der Waals surface area contributed by atoms with Gasteiger partial charge in [-0.1, -0.05) is 30.3 Å². The second-order valence-electron chi connectivity index (χ2n) is 11.4. The predicted molar refractivity (Wildman–Crippen MR) is 159 cm³/mol. The first-order valence-electron chi connectivity index (χ1n) is 14.3. The lowest BCUT2D eigenvalue weighted by Crippen LogP contribution is -2.41. The van der Waals surface area contributed by atoms with Crippen molar-refractivity contribution >= 4 is 28.5 Å². The number of hydrogen-bond acceptors (Lipinski definition) is 7. The van der Waals surface area contributed by atoms with Gasteiger partial charge in [-0.25, -0.2) is 4.39 Å². The molecule has 1 saturated heterocycles. The number of pyridine rings is 1. The van der Waals surface area contributed by atoms with E-state index in [1.807, 2.05) is 36.1 Å². The van der Waals surface area contributed by atoms with Gasteiger partial charge in [0, 0.05) is 35.9 Å². The fourth-order valence-corrected chi connectivity index (χ4v) is 5.49. The van der Waals surface area contributed by atoms with Crippen molar-refractivity contribution in [1.29, 1.82) is 0 Å². The molecule has 1 fully saturated rings. The number of anilines is 1. The highest BCUT2D eigenvalue weighted by Crippen LogP contribution is 2.34. The van der Waals surface area contributed by atoms with Gasteiger partial charge in [0.1, 0.15) is 23.1 Å². The normalized spacial score (nSPS) is 15.0. The van der Waals surface area contributed by atoms with Crippen molar-refractivity contribution in [2.24, 2.45) is 5.92 Å². The Kier molecular flexibility index (Phi) is 7.47. The first-order valence-corrected chi connectivity index (χ1v) is 14.3. The van der Waals surface area contributed by atoms with Crippen molar-refractivity contribution in [2.75, 3.05) is 18.4 Å². The van der Waals surface area contributed by atoms with Gasteiger partial charge in [-0.05, 0) is 86.7 Å². The molecule has 0 saturated carbocycles. The number of alkyl halides is 1. The maximum atomic E-state index is 14.0. The zero-order chi connectivity index (χ0) is 30.1. The van der Waals surface area contributed by atoms with Crippen LogP contribution in [0.1, 0.15) is 54.6 Å². The number of nitrogens with one attached hydrogen (secondary N) is 1. The van der Waals surface area contributed by atoms with Crippen LogP contribution in [0.4, 0.5) is 10.1 Å². The number of piperidine rings is 1. The summed E-state index contributed by atoms with van der Waals surface area (Å²) in [4.78, 5) is 33.5. The third-order valence-corrected chi connectivity index (χ3v) is 7.77. The summed E-state index contributed by atoms with van der Waals surface area (Å²) in [6.45, 7) is 5.41. The molecule has 10 nitrogen and oxygen atoms in total. The van der Waals surface area contributed by atoms with Gasteiger partial charge in [-0.3, -0.25) is 14.6 Å². The van der Waals surface area contributed by atoms with Crippen molar-refractivity contribution in [3.63, 3.8) is 0 Å². The van der Waals surface area contributed by atoms with Crippen molar-refractivity contribution in [2.45, 2.75) is 45.3 Å². The van der Waals surface area contributed by atoms with Crippen molar-refractivity contribution in [1.82, 2.24) is 30.1 Å². The van der Waals surface area contributed by atoms with Crippen LogP contribution in [0.25, 0.3) is 22.3 Å². The number of aryl methyl sites for hydroxylation is 1. The molecule has 220 valence electrons. The summed E-state index contributed by atoms with van der Waals surface area (Å²) in [5, 5.41) is 16.2. The van der Waals surface area contributed by atoms with E-state index in [9.17, 15) is 14.0 Å². The summed E-state index contributed by atoms with van der Waals surface area (Å²) in [5.74, 6) is 0.553. The Hall–Kier alpha value is -4.93. The Bertz CT molecular complexity index is 1770. The minimum Gasteiger partial charge on any atom is -0.456 e. The molecule has 1 N–H and O–H groups in total. The van der Waals surface area contributed by atoms with Gasteiger partial charge in [0.25, 0.3) is 11.8 Å². The Morgan fingerprint density at radius 1 is 1.05 bits per heavy atom. The molecule has 0 radical (unpaired) electrons. The van der Waals surface area contributed by atoms with Crippen LogP contribution in [0.5, 0.6) is 0 Å². The molecule has 0 spiro atoms. The Morgan fingerprint density at radius 2 is 1.81 bits per heavy atom. The minimum atomic E-state index is -2.00. The Balaban J connectivity index is 1.16. The molecule has 1 aliphatic heterocycles. The van der Waals surface area contributed by atoms with Crippen LogP contribution in [0.2, 0.25) is 0 Å². The fraction of sp³-hybridized carbons (Fsp3) is 0.312. The molecular weight excluding hydrogens is 549 g/mol. The molecular formula is C32H32FN7O3. The summed E-state index contributed by atoms with van der Waals surface area (Å²) in [7, 11) is 0. The van der Waals surface area contributed by atoms with Crippen LogP contribution in [0, 0.1) is 12.8 Å². The summed E-state index contributed by atoms with van der Waals surface area (Å²) in [5.41, 5.74) is 1.23. The zero-order valence-corrected chi connectivity index (χ0v) is 24.2. The quantitative estimate of drug-likeness (QED) is 0.265. The molecule has 6 rings (SSSR count). The van der Waals surface area contributed by atoms with Crippen LogP contribution in [-0.2, 0) is 4.79 Å². The summed E-state index contributed by atoms with van der Waals surface area (Å²) in [6, 6.07) is 20.5. The summed E-state index contributed by atoms with van der Waals surface area (Å²) in [6.07, 6.45) is 3.17. The number of carbonyl (C=O) groups excluding carboxylic acids is 2. The number of rotatable bonds is 7. The van der Waals surface area contributed by atoms with E-state index in [1.165, 1.54) is 13.8 Å². The van der Waals surface area contributed by atoms with Gasteiger partial charge < -0.3 is 14.6 Å². The van der Waals surface area contributed by atoms with E-state index in [4.69, 9.17) is 4.42 Å². The van der Waals surface area contributed by atoms with Crippen molar-refractivity contribution in [3.05, 3.63) is 90.0 Å². The minimum absolute atomic E-state index is 0.0634. The lowest BCUT2D eigenvalue weighted by atomic mass is 9.85. The Morgan fingerprint density at radius 3 is 2.51 bits per heavy atom. The largest absolute Gasteiger partial charge is 0.456 e. The van der Waals surface area contributed by atoms with E-state index in [-0.39, 0.29) is 17.9 Å². The average Bonchev–Trinajstić information content (AvgIpc) is 3.63. The zero-order valence-electron chi connectivity index (χ0n) is 24.2. The number of amides is 2. The molecule has 43 heavy (non-hydrogen) atoms. The molecule has 2 aromatic carbocycles. The molecule has 1 atom stereocenters. The highest BCUT2D eigenvalue weighted by atomic mass is 19.1. The number of carbonyl (C=O) groups is 2. The van der Waals surface area contributed by atoms with E-state index in [0.717, 1.165) is 23.8 Å². The van der Waals surface area contributed by atoms with Crippen LogP contribution in [0.3, 0.4) is 0 Å². The average molecular weight is 582 g/mol. The second-order valence-corrected chi connectivity index (χ2v) is 11.4. The molecule has 4 heterocycles. The van der Waals surface area contributed by atoms with Gasteiger partial charge in [0.15, 0.2) is 11.5 Å². The molecule has 11 heteroatoms. The number of fused-ring (bicyclic) bond motifs is 1. The van der Waals surface area contributed by atoms with Gasteiger partial charge in [-0.2, -0.15) is 4.80 Å². The van der Waals surface area contributed by atoms with E-state index < -0.39 is 11.6 Å². The van der Waals surface area contributed by atoms with E-state index >= 15 is 0 Å².